The molecular formula is C14H21BrN2O2. The summed E-state index contributed by atoms with van der Waals surface area (Å²) in [5.41, 5.74) is 1.16. The zero-order chi connectivity index (χ0) is 14.1. The van der Waals surface area contributed by atoms with Crippen molar-refractivity contribution in [3.05, 3.63) is 28.2 Å². The summed E-state index contributed by atoms with van der Waals surface area (Å²) in [4.78, 5) is 11.5. The Balaban J connectivity index is 2.42. The van der Waals surface area contributed by atoms with Crippen LogP contribution in [-0.4, -0.2) is 26.1 Å². The molecule has 19 heavy (non-hydrogen) atoms. The van der Waals surface area contributed by atoms with Crippen molar-refractivity contribution >= 4 is 21.8 Å². The number of amides is 1. The molecule has 0 saturated heterocycles. The summed E-state index contributed by atoms with van der Waals surface area (Å²) in [5, 5.41) is 5.90. The van der Waals surface area contributed by atoms with Crippen molar-refractivity contribution in [1.82, 2.24) is 10.6 Å². The third-order valence-corrected chi connectivity index (χ3v) is 3.21. The number of hydrogen-bond acceptors (Lipinski definition) is 3. The molecule has 0 unspecified atom stereocenters. The maximum absolute atomic E-state index is 11.5. The highest BCUT2D eigenvalue weighted by Crippen LogP contribution is 2.25. The predicted molar refractivity (Wildman–Crippen MR) is 80.3 cm³/mol. The van der Waals surface area contributed by atoms with Gasteiger partial charge in [0.05, 0.1) is 4.47 Å². The lowest BCUT2D eigenvalue weighted by molar-refractivity contribution is -0.123. The first-order valence-electron chi connectivity index (χ1n) is 6.50. The lowest BCUT2D eigenvalue weighted by Crippen LogP contribution is -2.29. The number of ether oxygens (including phenoxy) is 1. The molecule has 0 heterocycles. The number of rotatable bonds is 8. The second-order valence-electron chi connectivity index (χ2n) is 4.29. The van der Waals surface area contributed by atoms with Gasteiger partial charge >= 0.3 is 0 Å². The first-order chi connectivity index (χ1) is 9.17. The van der Waals surface area contributed by atoms with E-state index >= 15 is 0 Å². The van der Waals surface area contributed by atoms with Gasteiger partial charge in [-0.25, -0.2) is 0 Å². The van der Waals surface area contributed by atoms with E-state index in [1.807, 2.05) is 25.2 Å². The van der Waals surface area contributed by atoms with Crippen molar-refractivity contribution < 1.29 is 9.53 Å². The fraction of sp³-hybridized carbons (Fsp3) is 0.500. The fourth-order valence-electron chi connectivity index (χ4n) is 1.57. The molecule has 1 amide bonds. The maximum Gasteiger partial charge on any atom is 0.257 e. The molecule has 0 aliphatic rings. The van der Waals surface area contributed by atoms with Crippen molar-refractivity contribution in [1.29, 1.82) is 0 Å². The molecule has 1 aromatic rings. The van der Waals surface area contributed by atoms with E-state index in [-0.39, 0.29) is 12.5 Å². The van der Waals surface area contributed by atoms with Gasteiger partial charge in [0.1, 0.15) is 5.75 Å². The normalized spacial score (nSPS) is 10.3. The monoisotopic (exact) mass is 328 g/mol. The van der Waals surface area contributed by atoms with Crippen LogP contribution >= 0.6 is 15.9 Å². The maximum atomic E-state index is 11.5. The molecule has 106 valence electrons. The molecule has 0 spiro atoms. The summed E-state index contributed by atoms with van der Waals surface area (Å²) in [6.45, 7) is 3.65. The quantitative estimate of drug-likeness (QED) is 0.721. The topological polar surface area (TPSA) is 50.4 Å². The summed E-state index contributed by atoms with van der Waals surface area (Å²) < 4.78 is 6.35. The Kier molecular flexibility index (Phi) is 7.52. The minimum Gasteiger partial charge on any atom is -0.483 e. The van der Waals surface area contributed by atoms with E-state index in [0.717, 1.165) is 29.4 Å². The number of halogens is 1. The first-order valence-corrected chi connectivity index (χ1v) is 7.29. The van der Waals surface area contributed by atoms with Crippen molar-refractivity contribution in [2.24, 2.45) is 0 Å². The molecule has 1 rings (SSSR count). The standard InChI is InChI=1S/C14H21BrN2O2/c1-3-4-7-17-14(18)10-19-13-6-5-11(9-16-2)8-12(13)15/h5-6,8,16H,3-4,7,9-10H2,1-2H3,(H,17,18). The summed E-state index contributed by atoms with van der Waals surface area (Å²) in [7, 11) is 1.90. The second kappa shape index (κ2) is 8.93. The van der Waals surface area contributed by atoms with Crippen LogP contribution in [0.3, 0.4) is 0 Å². The lowest BCUT2D eigenvalue weighted by Gasteiger charge is -2.10. The minimum absolute atomic E-state index is 0.0493. The van der Waals surface area contributed by atoms with Crippen molar-refractivity contribution in [3.8, 4) is 5.75 Å². The Morgan fingerprint density at radius 2 is 2.21 bits per heavy atom. The molecule has 0 aliphatic heterocycles. The molecule has 0 aromatic heterocycles. The van der Waals surface area contributed by atoms with Crippen LogP contribution in [0.4, 0.5) is 0 Å². The largest absolute Gasteiger partial charge is 0.483 e. The summed E-state index contributed by atoms with van der Waals surface area (Å²) >= 11 is 3.45. The molecule has 0 radical (unpaired) electrons. The van der Waals surface area contributed by atoms with Gasteiger partial charge in [-0.2, -0.15) is 0 Å². The van der Waals surface area contributed by atoms with E-state index < -0.39 is 0 Å². The van der Waals surface area contributed by atoms with Gasteiger partial charge < -0.3 is 15.4 Å². The third kappa shape index (κ3) is 6.07. The van der Waals surface area contributed by atoms with Gasteiger partial charge in [0.15, 0.2) is 6.61 Å². The van der Waals surface area contributed by atoms with E-state index in [2.05, 4.69) is 33.5 Å². The van der Waals surface area contributed by atoms with E-state index in [9.17, 15) is 4.79 Å². The highest BCUT2D eigenvalue weighted by Gasteiger charge is 2.06. The Hall–Kier alpha value is -1.07. The van der Waals surface area contributed by atoms with Gasteiger partial charge in [-0.1, -0.05) is 19.4 Å². The van der Waals surface area contributed by atoms with Gasteiger partial charge in [0.2, 0.25) is 0 Å². The number of carbonyl (C=O) groups excluding carboxylic acids is 1. The minimum atomic E-state index is -0.0837. The third-order valence-electron chi connectivity index (χ3n) is 2.59. The molecule has 4 nitrogen and oxygen atoms in total. The summed E-state index contributed by atoms with van der Waals surface area (Å²) in [5.74, 6) is 0.602. The summed E-state index contributed by atoms with van der Waals surface area (Å²) in [6, 6.07) is 5.84. The van der Waals surface area contributed by atoms with Crippen LogP contribution in [0.5, 0.6) is 5.75 Å². The average molecular weight is 329 g/mol. The van der Waals surface area contributed by atoms with Gasteiger partial charge in [0, 0.05) is 13.1 Å². The Bertz CT molecular complexity index is 410. The number of hydrogen-bond donors (Lipinski definition) is 2. The zero-order valence-corrected chi connectivity index (χ0v) is 13.0. The van der Waals surface area contributed by atoms with Crippen LogP contribution in [0.2, 0.25) is 0 Å². The predicted octanol–water partition coefficient (Wildman–Crippen LogP) is 2.46. The fourth-order valence-corrected chi connectivity index (χ4v) is 2.12. The van der Waals surface area contributed by atoms with E-state index in [1.165, 1.54) is 0 Å². The Morgan fingerprint density at radius 1 is 1.42 bits per heavy atom. The summed E-state index contributed by atoms with van der Waals surface area (Å²) in [6.07, 6.45) is 2.06. The second-order valence-corrected chi connectivity index (χ2v) is 5.14. The lowest BCUT2D eigenvalue weighted by atomic mass is 10.2. The highest BCUT2D eigenvalue weighted by atomic mass is 79.9. The molecule has 5 heteroatoms. The number of unbranched alkanes of at least 4 members (excludes halogenated alkanes) is 1. The molecule has 0 fully saturated rings. The van der Waals surface area contributed by atoms with Crippen LogP contribution in [-0.2, 0) is 11.3 Å². The van der Waals surface area contributed by atoms with Crippen molar-refractivity contribution in [2.75, 3.05) is 20.2 Å². The Labute approximate surface area is 123 Å². The van der Waals surface area contributed by atoms with Gasteiger partial charge in [-0.3, -0.25) is 4.79 Å². The smallest absolute Gasteiger partial charge is 0.257 e. The molecule has 0 atom stereocenters. The molecule has 1 aromatic carbocycles. The molecule has 0 aliphatic carbocycles. The van der Waals surface area contributed by atoms with Crippen LogP contribution in [0, 0.1) is 0 Å². The molecule has 2 N–H and O–H groups in total. The van der Waals surface area contributed by atoms with E-state index in [4.69, 9.17) is 4.74 Å². The van der Waals surface area contributed by atoms with Crippen LogP contribution < -0.4 is 15.4 Å². The van der Waals surface area contributed by atoms with Gasteiger partial charge in [-0.05, 0) is 47.1 Å². The first kappa shape index (κ1) is 16.0. The van der Waals surface area contributed by atoms with Crippen molar-refractivity contribution in [3.63, 3.8) is 0 Å². The average Bonchev–Trinajstić information content (AvgIpc) is 2.38. The Morgan fingerprint density at radius 3 is 2.84 bits per heavy atom. The number of nitrogens with one attached hydrogen (secondary N) is 2. The highest BCUT2D eigenvalue weighted by molar-refractivity contribution is 9.10. The number of carbonyl (C=O) groups is 1. The van der Waals surface area contributed by atoms with Crippen LogP contribution in [0.25, 0.3) is 0 Å². The zero-order valence-electron chi connectivity index (χ0n) is 11.5. The van der Waals surface area contributed by atoms with E-state index in [1.54, 1.807) is 0 Å². The number of benzene rings is 1. The van der Waals surface area contributed by atoms with Crippen LogP contribution in [0.1, 0.15) is 25.3 Å². The van der Waals surface area contributed by atoms with Crippen molar-refractivity contribution in [2.45, 2.75) is 26.3 Å². The molecule has 0 bridgehead atoms. The SMILES string of the molecule is CCCCNC(=O)COc1ccc(CNC)cc1Br. The molecule has 0 saturated carbocycles. The van der Waals surface area contributed by atoms with Gasteiger partial charge in [-0.15, -0.1) is 0 Å². The van der Waals surface area contributed by atoms with E-state index in [0.29, 0.717) is 12.3 Å². The molecular weight excluding hydrogens is 308 g/mol. The van der Waals surface area contributed by atoms with Gasteiger partial charge in [0.25, 0.3) is 5.91 Å². The van der Waals surface area contributed by atoms with Crippen LogP contribution in [0.15, 0.2) is 22.7 Å².